The van der Waals surface area contributed by atoms with Crippen LogP contribution in [0.2, 0.25) is 0 Å². The van der Waals surface area contributed by atoms with Crippen molar-refractivity contribution in [3.63, 3.8) is 0 Å². The molecule has 2 saturated carbocycles. The van der Waals surface area contributed by atoms with Crippen molar-refractivity contribution in [2.24, 2.45) is 11.8 Å². The largest absolute Gasteiger partial charge is 0.339 e. The lowest BCUT2D eigenvalue weighted by Crippen LogP contribution is -2.21. The molecule has 6 nitrogen and oxygen atoms in total. The third kappa shape index (κ3) is 2.30. The molecule has 2 aliphatic carbocycles. The average molecular weight is 234 g/mol. The molecule has 17 heavy (non-hydrogen) atoms. The fourth-order valence-corrected chi connectivity index (χ4v) is 2.00. The summed E-state index contributed by atoms with van der Waals surface area (Å²) in [6.07, 6.45) is 7.58. The first kappa shape index (κ1) is 10.3. The van der Waals surface area contributed by atoms with Crippen LogP contribution in [0.4, 0.5) is 0 Å². The van der Waals surface area contributed by atoms with Crippen molar-refractivity contribution in [1.82, 2.24) is 19.9 Å². The molecule has 0 radical (unpaired) electrons. The Labute approximate surface area is 96.5 Å². The van der Waals surface area contributed by atoms with Crippen LogP contribution in [0.5, 0.6) is 0 Å². The number of hydrogen-bond donors (Lipinski definition) is 3. The zero-order valence-electron chi connectivity index (χ0n) is 9.32. The maximum absolute atomic E-state index is 10.9. The molecule has 3 N–H and O–H groups in total. The van der Waals surface area contributed by atoms with E-state index in [0.29, 0.717) is 0 Å². The molecule has 0 atom stereocenters. The number of hydrogen-bond acceptors (Lipinski definition) is 3. The quantitative estimate of drug-likeness (QED) is 0.679. The van der Waals surface area contributed by atoms with E-state index in [1.165, 1.54) is 18.2 Å². The molecule has 0 bridgehead atoms. The number of imidazole rings is 1. The van der Waals surface area contributed by atoms with Crippen LogP contribution >= 0.6 is 0 Å². The van der Waals surface area contributed by atoms with E-state index in [4.69, 9.17) is 0 Å². The number of aromatic nitrogens is 4. The van der Waals surface area contributed by atoms with Gasteiger partial charge in [0.1, 0.15) is 5.52 Å². The third-order valence-corrected chi connectivity index (χ3v) is 3.24. The summed E-state index contributed by atoms with van der Waals surface area (Å²) < 4.78 is 0. The summed E-state index contributed by atoms with van der Waals surface area (Å²) in [6.45, 7) is 0. The molecule has 2 aromatic rings. The monoisotopic (exact) mass is 234 g/mol. The molecule has 0 amide bonds. The van der Waals surface area contributed by atoms with Gasteiger partial charge in [-0.2, -0.15) is 0 Å². The maximum Gasteiger partial charge on any atom is 0.327 e. The third-order valence-electron chi connectivity index (χ3n) is 3.24. The SMILES string of the molecule is C1CC1C1CC1.O=c1[nH]c(=O)c2[nH]cnc2[nH]1. The van der Waals surface area contributed by atoms with E-state index in [-0.39, 0.29) is 11.2 Å². The molecule has 0 spiro atoms. The Kier molecular flexibility index (Phi) is 2.35. The maximum atomic E-state index is 10.9. The van der Waals surface area contributed by atoms with E-state index in [1.807, 2.05) is 0 Å². The smallest absolute Gasteiger partial charge is 0.327 e. The minimum Gasteiger partial charge on any atom is -0.339 e. The van der Waals surface area contributed by atoms with Gasteiger partial charge < -0.3 is 4.98 Å². The summed E-state index contributed by atoms with van der Waals surface area (Å²) in [5.74, 6) is 2.43. The summed E-state index contributed by atoms with van der Waals surface area (Å²) in [5.41, 5.74) is -0.445. The minimum absolute atomic E-state index is 0.277. The summed E-state index contributed by atoms with van der Waals surface area (Å²) >= 11 is 0. The predicted octanol–water partition coefficient (Wildman–Crippen LogP) is 0.746. The van der Waals surface area contributed by atoms with Gasteiger partial charge in [-0.25, -0.2) is 9.78 Å². The molecule has 0 aliphatic heterocycles. The van der Waals surface area contributed by atoms with Gasteiger partial charge in [-0.05, 0) is 37.5 Å². The Bertz CT molecular complexity index is 620. The molecule has 4 rings (SSSR count). The summed E-state index contributed by atoms with van der Waals surface area (Å²) in [5, 5.41) is 0. The van der Waals surface area contributed by atoms with Gasteiger partial charge in [0.2, 0.25) is 0 Å². The lowest BCUT2D eigenvalue weighted by molar-refractivity contribution is 0.716. The molecular weight excluding hydrogens is 220 g/mol. The second-order valence-corrected chi connectivity index (χ2v) is 4.71. The Morgan fingerprint density at radius 1 is 1.06 bits per heavy atom. The van der Waals surface area contributed by atoms with E-state index in [2.05, 4.69) is 19.9 Å². The number of fused-ring (bicyclic) bond motifs is 1. The molecule has 0 unspecified atom stereocenters. The Balaban J connectivity index is 0.000000125. The second kappa shape index (κ2) is 3.87. The van der Waals surface area contributed by atoms with Crippen LogP contribution in [-0.4, -0.2) is 19.9 Å². The van der Waals surface area contributed by atoms with Crippen molar-refractivity contribution >= 4 is 11.2 Å². The van der Waals surface area contributed by atoms with Gasteiger partial charge in [-0.1, -0.05) is 0 Å². The zero-order valence-corrected chi connectivity index (χ0v) is 9.32. The second-order valence-electron chi connectivity index (χ2n) is 4.71. The predicted molar refractivity (Wildman–Crippen MR) is 62.8 cm³/mol. The fraction of sp³-hybridized carbons (Fsp3) is 0.545. The highest BCUT2D eigenvalue weighted by atomic mass is 16.2. The van der Waals surface area contributed by atoms with Crippen LogP contribution in [0.1, 0.15) is 25.7 Å². The van der Waals surface area contributed by atoms with Crippen LogP contribution in [0.3, 0.4) is 0 Å². The number of H-pyrrole nitrogens is 3. The first-order valence-corrected chi connectivity index (χ1v) is 5.90. The van der Waals surface area contributed by atoms with Gasteiger partial charge in [-0.15, -0.1) is 0 Å². The fourth-order valence-electron chi connectivity index (χ4n) is 2.00. The van der Waals surface area contributed by atoms with Gasteiger partial charge >= 0.3 is 5.69 Å². The molecule has 0 aromatic carbocycles. The number of nitrogens with one attached hydrogen (secondary N) is 3. The van der Waals surface area contributed by atoms with Gasteiger partial charge in [0.25, 0.3) is 5.56 Å². The van der Waals surface area contributed by atoms with Crippen molar-refractivity contribution in [2.75, 3.05) is 0 Å². The summed E-state index contributed by atoms with van der Waals surface area (Å²) in [4.78, 5) is 32.3. The van der Waals surface area contributed by atoms with E-state index < -0.39 is 11.2 Å². The van der Waals surface area contributed by atoms with Crippen molar-refractivity contribution < 1.29 is 0 Å². The number of aromatic amines is 3. The standard InChI is InChI=1S/C6H10.C5H4N4O2/c1-2-5(1)6-3-4-6;10-4-2-3(7-1-6-2)8-5(11)9-4/h5-6H,1-4H2;1H,(H3,6,7,8,9,10,11). The first-order chi connectivity index (χ1) is 8.24. The molecule has 2 aliphatic rings. The van der Waals surface area contributed by atoms with Gasteiger partial charge in [0, 0.05) is 0 Å². The topological polar surface area (TPSA) is 94.4 Å². The van der Waals surface area contributed by atoms with Crippen molar-refractivity contribution in [1.29, 1.82) is 0 Å². The van der Waals surface area contributed by atoms with Gasteiger partial charge in [0.15, 0.2) is 5.65 Å². The molecule has 2 heterocycles. The molecule has 0 saturated heterocycles. The van der Waals surface area contributed by atoms with Crippen molar-refractivity contribution in [3.05, 3.63) is 27.2 Å². The lowest BCUT2D eigenvalue weighted by Gasteiger charge is -1.83. The zero-order chi connectivity index (χ0) is 11.8. The van der Waals surface area contributed by atoms with E-state index in [9.17, 15) is 9.59 Å². The average Bonchev–Trinajstić information content (AvgIpc) is 3.14. The van der Waals surface area contributed by atoms with Crippen molar-refractivity contribution in [3.8, 4) is 0 Å². The first-order valence-electron chi connectivity index (χ1n) is 5.90. The normalized spacial score (nSPS) is 18.8. The molecule has 90 valence electrons. The van der Waals surface area contributed by atoms with Crippen molar-refractivity contribution in [2.45, 2.75) is 25.7 Å². The molecular formula is C11H14N4O2. The highest BCUT2D eigenvalue weighted by molar-refractivity contribution is 5.67. The van der Waals surface area contributed by atoms with Crippen LogP contribution in [0, 0.1) is 11.8 Å². The highest BCUT2D eigenvalue weighted by Gasteiger charge is 2.37. The lowest BCUT2D eigenvalue weighted by atomic mass is 10.3. The summed E-state index contributed by atoms with van der Waals surface area (Å²) in [6, 6.07) is 0. The Morgan fingerprint density at radius 3 is 2.29 bits per heavy atom. The number of nitrogens with zero attached hydrogens (tertiary/aromatic N) is 1. The van der Waals surface area contributed by atoms with Crippen LogP contribution in [0.15, 0.2) is 15.9 Å². The van der Waals surface area contributed by atoms with Crippen LogP contribution in [-0.2, 0) is 0 Å². The van der Waals surface area contributed by atoms with Gasteiger partial charge in [-0.3, -0.25) is 14.8 Å². The van der Waals surface area contributed by atoms with E-state index in [0.717, 1.165) is 0 Å². The molecule has 6 heteroatoms. The Hall–Kier alpha value is -1.85. The van der Waals surface area contributed by atoms with Crippen LogP contribution in [0.25, 0.3) is 11.2 Å². The van der Waals surface area contributed by atoms with Crippen LogP contribution < -0.4 is 11.2 Å². The number of rotatable bonds is 1. The van der Waals surface area contributed by atoms with Gasteiger partial charge in [0.05, 0.1) is 6.33 Å². The Morgan fingerprint density at radius 2 is 1.71 bits per heavy atom. The van der Waals surface area contributed by atoms with E-state index >= 15 is 0 Å². The molecule has 2 aromatic heterocycles. The summed E-state index contributed by atoms with van der Waals surface area (Å²) in [7, 11) is 0. The van der Waals surface area contributed by atoms with E-state index in [1.54, 1.807) is 25.7 Å². The molecule has 2 fully saturated rings. The highest BCUT2D eigenvalue weighted by Crippen LogP contribution is 2.49. The minimum atomic E-state index is -0.547.